The van der Waals surface area contributed by atoms with Gasteiger partial charge in [0.1, 0.15) is 5.38 Å². The molecule has 1 aliphatic carbocycles. The number of hydrogen-bond acceptors (Lipinski definition) is 1. The topological polar surface area (TPSA) is 12.9 Å². The van der Waals surface area contributed by atoms with Crippen LogP contribution in [-0.4, -0.2) is 4.98 Å². The zero-order valence-corrected chi connectivity index (χ0v) is 11.7. The van der Waals surface area contributed by atoms with Crippen molar-refractivity contribution in [3.8, 4) is 0 Å². The van der Waals surface area contributed by atoms with Crippen LogP contribution in [0, 0.1) is 0 Å². The SMILES string of the molecule is Clc1ccc2c(c1)CCc1c(Cl)ccnc1C2Cl. The van der Waals surface area contributed by atoms with Crippen LogP contribution in [0.4, 0.5) is 0 Å². The zero-order chi connectivity index (χ0) is 12.7. The van der Waals surface area contributed by atoms with Crippen LogP contribution in [0.1, 0.15) is 27.8 Å². The number of nitrogens with zero attached hydrogens (tertiary/aromatic N) is 1. The van der Waals surface area contributed by atoms with Gasteiger partial charge in [0.15, 0.2) is 0 Å². The molecule has 1 nitrogen and oxygen atoms in total. The molecule has 2 aromatic rings. The van der Waals surface area contributed by atoms with Gasteiger partial charge in [-0.3, -0.25) is 4.98 Å². The lowest BCUT2D eigenvalue weighted by Crippen LogP contribution is -2.00. The van der Waals surface area contributed by atoms with Gasteiger partial charge in [0.25, 0.3) is 0 Å². The van der Waals surface area contributed by atoms with E-state index in [4.69, 9.17) is 34.8 Å². The number of aryl methyl sites for hydroxylation is 1. The monoisotopic (exact) mass is 297 g/mol. The van der Waals surface area contributed by atoms with E-state index in [1.165, 1.54) is 5.56 Å². The predicted octanol–water partition coefficient (Wildman–Crippen LogP) is 4.82. The Morgan fingerprint density at radius 3 is 2.78 bits per heavy atom. The molecule has 18 heavy (non-hydrogen) atoms. The molecule has 1 unspecified atom stereocenters. The molecule has 92 valence electrons. The largest absolute Gasteiger partial charge is 0.259 e. The number of hydrogen-bond donors (Lipinski definition) is 0. The molecule has 3 rings (SSSR count). The standard InChI is InChI=1S/C14H10Cl3N/c15-9-2-4-10-8(7-9)1-3-11-12(16)5-6-18-14(11)13(10)17/h2,4-7,13H,1,3H2. The van der Waals surface area contributed by atoms with Crippen LogP contribution in [0.2, 0.25) is 10.0 Å². The number of pyridine rings is 1. The maximum Gasteiger partial charge on any atom is 0.101 e. The quantitative estimate of drug-likeness (QED) is 0.636. The van der Waals surface area contributed by atoms with E-state index in [1.807, 2.05) is 24.3 Å². The summed E-state index contributed by atoms with van der Waals surface area (Å²) in [5, 5.41) is 1.22. The average molecular weight is 299 g/mol. The van der Waals surface area contributed by atoms with Crippen LogP contribution < -0.4 is 0 Å². The van der Waals surface area contributed by atoms with Crippen LogP contribution in [0.3, 0.4) is 0 Å². The lowest BCUT2D eigenvalue weighted by Gasteiger charge is -2.13. The molecule has 0 aliphatic heterocycles. The summed E-state index contributed by atoms with van der Waals surface area (Å²) in [5.74, 6) is 0. The van der Waals surface area contributed by atoms with Gasteiger partial charge in [0.2, 0.25) is 0 Å². The van der Waals surface area contributed by atoms with Gasteiger partial charge in [-0.15, -0.1) is 11.6 Å². The fourth-order valence-corrected chi connectivity index (χ4v) is 3.24. The molecule has 4 heteroatoms. The minimum atomic E-state index is -0.256. The number of alkyl halides is 1. The number of benzene rings is 1. The molecule has 0 amide bonds. The second-order valence-corrected chi connectivity index (χ2v) is 5.64. The van der Waals surface area contributed by atoms with Crippen LogP contribution in [0.5, 0.6) is 0 Å². The van der Waals surface area contributed by atoms with E-state index in [1.54, 1.807) is 6.20 Å². The first-order chi connectivity index (χ1) is 8.66. The Hall–Kier alpha value is -0.760. The van der Waals surface area contributed by atoms with Crippen molar-refractivity contribution in [2.45, 2.75) is 18.2 Å². The third kappa shape index (κ3) is 2.01. The summed E-state index contributed by atoms with van der Waals surface area (Å²) < 4.78 is 0. The Labute approximate surface area is 121 Å². The van der Waals surface area contributed by atoms with E-state index in [9.17, 15) is 0 Å². The Bertz CT molecular complexity index is 610. The minimum Gasteiger partial charge on any atom is -0.259 e. The van der Waals surface area contributed by atoms with Gasteiger partial charge in [-0.25, -0.2) is 0 Å². The smallest absolute Gasteiger partial charge is 0.101 e. The highest BCUT2D eigenvalue weighted by Crippen LogP contribution is 2.38. The second-order valence-electron chi connectivity index (χ2n) is 4.36. The lowest BCUT2D eigenvalue weighted by atomic mass is 10.0. The Kier molecular flexibility index (Phi) is 3.23. The number of rotatable bonds is 0. The van der Waals surface area contributed by atoms with Crippen molar-refractivity contribution in [1.29, 1.82) is 0 Å². The average Bonchev–Trinajstić information content (AvgIpc) is 2.49. The van der Waals surface area contributed by atoms with Crippen molar-refractivity contribution in [1.82, 2.24) is 4.98 Å². The van der Waals surface area contributed by atoms with Crippen LogP contribution >= 0.6 is 34.8 Å². The molecule has 0 bridgehead atoms. The molecule has 1 atom stereocenters. The highest BCUT2D eigenvalue weighted by atomic mass is 35.5. The first-order valence-corrected chi connectivity index (χ1v) is 6.91. The fourth-order valence-electron chi connectivity index (χ4n) is 2.39. The summed E-state index contributed by atoms with van der Waals surface area (Å²) in [6.45, 7) is 0. The van der Waals surface area contributed by atoms with Crippen molar-refractivity contribution in [2.75, 3.05) is 0 Å². The van der Waals surface area contributed by atoms with E-state index in [0.29, 0.717) is 0 Å². The lowest BCUT2D eigenvalue weighted by molar-refractivity contribution is 0.950. The molecule has 0 fully saturated rings. The van der Waals surface area contributed by atoms with E-state index < -0.39 is 0 Å². The molecule has 1 aromatic carbocycles. The van der Waals surface area contributed by atoms with E-state index in [0.717, 1.165) is 39.7 Å². The molecular weight excluding hydrogens is 289 g/mol. The van der Waals surface area contributed by atoms with Crippen molar-refractivity contribution < 1.29 is 0 Å². The summed E-state index contributed by atoms with van der Waals surface area (Å²) in [6.07, 6.45) is 3.44. The first kappa shape index (κ1) is 12.3. The molecule has 0 radical (unpaired) electrons. The van der Waals surface area contributed by atoms with Crippen LogP contribution in [0.15, 0.2) is 30.5 Å². The zero-order valence-electron chi connectivity index (χ0n) is 9.46. The summed E-state index contributed by atoms with van der Waals surface area (Å²) in [6, 6.07) is 7.64. The van der Waals surface area contributed by atoms with Crippen molar-refractivity contribution >= 4 is 34.8 Å². The van der Waals surface area contributed by atoms with Crippen molar-refractivity contribution in [2.24, 2.45) is 0 Å². The first-order valence-electron chi connectivity index (χ1n) is 5.72. The van der Waals surface area contributed by atoms with Crippen molar-refractivity contribution in [3.63, 3.8) is 0 Å². The molecule has 1 aromatic heterocycles. The van der Waals surface area contributed by atoms with Gasteiger partial charge in [-0.2, -0.15) is 0 Å². The maximum absolute atomic E-state index is 6.54. The second kappa shape index (κ2) is 4.73. The Balaban J connectivity index is 2.18. The predicted molar refractivity (Wildman–Crippen MR) is 75.8 cm³/mol. The molecule has 0 saturated heterocycles. The van der Waals surface area contributed by atoms with Gasteiger partial charge < -0.3 is 0 Å². The number of aromatic nitrogens is 1. The molecule has 0 spiro atoms. The molecule has 0 saturated carbocycles. The van der Waals surface area contributed by atoms with E-state index >= 15 is 0 Å². The van der Waals surface area contributed by atoms with Gasteiger partial charge in [-0.05, 0) is 47.7 Å². The molecule has 0 N–H and O–H groups in total. The van der Waals surface area contributed by atoms with Crippen LogP contribution in [-0.2, 0) is 12.8 Å². The van der Waals surface area contributed by atoms with Gasteiger partial charge in [0, 0.05) is 16.2 Å². The normalized spacial score (nSPS) is 17.8. The third-order valence-corrected chi connectivity index (χ3v) is 4.33. The van der Waals surface area contributed by atoms with Gasteiger partial charge >= 0.3 is 0 Å². The minimum absolute atomic E-state index is 0.256. The Morgan fingerprint density at radius 1 is 1.11 bits per heavy atom. The third-order valence-electron chi connectivity index (χ3n) is 3.29. The molecule has 1 aliphatic rings. The molecular formula is C14H10Cl3N. The molecule has 1 heterocycles. The summed E-state index contributed by atoms with van der Waals surface area (Å²) in [4.78, 5) is 4.39. The highest BCUT2D eigenvalue weighted by Gasteiger charge is 2.24. The highest BCUT2D eigenvalue weighted by molar-refractivity contribution is 6.32. The van der Waals surface area contributed by atoms with E-state index in [2.05, 4.69) is 4.98 Å². The fraction of sp³-hybridized carbons (Fsp3) is 0.214. The Morgan fingerprint density at radius 2 is 1.94 bits per heavy atom. The summed E-state index contributed by atoms with van der Waals surface area (Å²) in [5.41, 5.74) is 4.17. The van der Waals surface area contributed by atoms with Crippen molar-refractivity contribution in [3.05, 3.63) is 62.9 Å². The maximum atomic E-state index is 6.54. The summed E-state index contributed by atoms with van der Waals surface area (Å²) in [7, 11) is 0. The summed E-state index contributed by atoms with van der Waals surface area (Å²) >= 11 is 18.8. The number of halogens is 3. The van der Waals surface area contributed by atoms with E-state index in [-0.39, 0.29) is 5.38 Å². The van der Waals surface area contributed by atoms with Gasteiger partial charge in [-0.1, -0.05) is 29.3 Å². The van der Waals surface area contributed by atoms with Crippen LogP contribution in [0.25, 0.3) is 0 Å². The number of fused-ring (bicyclic) bond motifs is 2. The van der Waals surface area contributed by atoms with Gasteiger partial charge in [0.05, 0.1) is 5.69 Å².